The third-order valence-corrected chi connectivity index (χ3v) is 6.10. The lowest BCUT2D eigenvalue weighted by atomic mass is 10.0. The van der Waals surface area contributed by atoms with Gasteiger partial charge in [0.15, 0.2) is 0 Å². The van der Waals surface area contributed by atoms with Crippen molar-refractivity contribution in [2.24, 2.45) is 0 Å². The molecule has 0 aromatic heterocycles. The maximum atomic E-state index is 13.2. The molecule has 0 unspecified atom stereocenters. The number of sulfonamides is 1. The van der Waals surface area contributed by atoms with E-state index >= 15 is 0 Å². The monoisotopic (exact) mass is 331 g/mol. The average molecular weight is 331 g/mol. The van der Waals surface area contributed by atoms with Gasteiger partial charge in [-0.1, -0.05) is 38.1 Å². The quantitative estimate of drug-likeness (QED) is 0.860. The molecule has 2 aromatic rings. The largest absolute Gasteiger partial charge is 0.495 e. The highest BCUT2D eigenvalue weighted by Crippen LogP contribution is 2.36. The van der Waals surface area contributed by atoms with Crippen molar-refractivity contribution in [3.63, 3.8) is 0 Å². The Labute approximate surface area is 137 Å². The number of hydrogen-bond donors (Lipinski definition) is 0. The van der Waals surface area contributed by atoms with Gasteiger partial charge in [0.1, 0.15) is 10.6 Å². The molecule has 2 aromatic carbocycles. The van der Waals surface area contributed by atoms with Crippen LogP contribution in [-0.2, 0) is 16.4 Å². The van der Waals surface area contributed by atoms with Crippen LogP contribution in [0.15, 0.2) is 47.4 Å². The second kappa shape index (κ2) is 5.89. The number of ether oxygens (including phenoxy) is 1. The first-order valence-corrected chi connectivity index (χ1v) is 9.17. The van der Waals surface area contributed by atoms with Crippen molar-refractivity contribution in [3.8, 4) is 5.75 Å². The molecule has 1 aliphatic heterocycles. The fourth-order valence-corrected chi connectivity index (χ4v) is 4.63. The van der Waals surface area contributed by atoms with Crippen LogP contribution in [0.4, 0.5) is 5.69 Å². The summed E-state index contributed by atoms with van der Waals surface area (Å²) in [6.07, 6.45) is 0.738. The molecule has 0 radical (unpaired) electrons. The van der Waals surface area contributed by atoms with Gasteiger partial charge in [-0.3, -0.25) is 4.31 Å². The standard InChI is InChI=1S/C18H21NO3S/c1-13(2)15-8-9-17(22-3)18(12-15)23(20,21)19-11-10-14-6-4-5-7-16(14)19/h4-9,12-13H,10-11H2,1-3H3. The Morgan fingerprint density at radius 3 is 2.57 bits per heavy atom. The van der Waals surface area contributed by atoms with Gasteiger partial charge in [-0.25, -0.2) is 8.42 Å². The number of para-hydroxylation sites is 1. The number of hydrogen-bond acceptors (Lipinski definition) is 3. The van der Waals surface area contributed by atoms with E-state index in [0.717, 1.165) is 23.2 Å². The van der Waals surface area contributed by atoms with E-state index in [-0.39, 0.29) is 10.8 Å². The minimum atomic E-state index is -3.64. The van der Waals surface area contributed by atoms with Crippen LogP contribution in [0.1, 0.15) is 30.9 Å². The molecular formula is C18H21NO3S. The van der Waals surface area contributed by atoms with Crippen molar-refractivity contribution in [3.05, 3.63) is 53.6 Å². The van der Waals surface area contributed by atoms with Crippen molar-refractivity contribution in [2.75, 3.05) is 18.0 Å². The molecule has 0 spiro atoms. The number of rotatable bonds is 4. The highest BCUT2D eigenvalue weighted by atomic mass is 32.2. The Hall–Kier alpha value is -2.01. The van der Waals surface area contributed by atoms with Gasteiger partial charge < -0.3 is 4.74 Å². The summed E-state index contributed by atoms with van der Waals surface area (Å²) in [6, 6.07) is 13.0. The van der Waals surface area contributed by atoms with Gasteiger partial charge in [0.25, 0.3) is 10.0 Å². The Balaban J connectivity index is 2.12. The predicted octanol–water partition coefficient (Wildman–Crippen LogP) is 3.57. The Morgan fingerprint density at radius 2 is 1.87 bits per heavy atom. The summed E-state index contributed by atoms with van der Waals surface area (Å²) in [5.41, 5.74) is 2.82. The van der Waals surface area contributed by atoms with E-state index in [9.17, 15) is 8.42 Å². The molecule has 5 heteroatoms. The minimum absolute atomic E-state index is 0.239. The Bertz CT molecular complexity index is 828. The first-order valence-electron chi connectivity index (χ1n) is 7.73. The van der Waals surface area contributed by atoms with Gasteiger partial charge in [0.05, 0.1) is 12.8 Å². The second-order valence-corrected chi connectivity index (χ2v) is 7.85. The van der Waals surface area contributed by atoms with Crippen LogP contribution < -0.4 is 9.04 Å². The maximum absolute atomic E-state index is 13.2. The first kappa shape index (κ1) is 15.9. The molecule has 0 fully saturated rings. The van der Waals surface area contributed by atoms with Crippen LogP contribution in [0, 0.1) is 0 Å². The molecular weight excluding hydrogens is 310 g/mol. The molecule has 4 nitrogen and oxygen atoms in total. The summed E-state index contributed by atoms with van der Waals surface area (Å²) in [5.74, 6) is 0.638. The summed E-state index contributed by atoms with van der Waals surface area (Å²) in [5, 5.41) is 0. The van der Waals surface area contributed by atoms with Crippen LogP contribution in [0.2, 0.25) is 0 Å². The lowest BCUT2D eigenvalue weighted by molar-refractivity contribution is 0.402. The minimum Gasteiger partial charge on any atom is -0.495 e. The molecule has 0 saturated carbocycles. The molecule has 1 heterocycles. The Morgan fingerprint density at radius 1 is 1.13 bits per heavy atom. The lowest BCUT2D eigenvalue weighted by Gasteiger charge is -2.22. The van der Waals surface area contributed by atoms with E-state index in [0.29, 0.717) is 12.3 Å². The van der Waals surface area contributed by atoms with Crippen LogP contribution >= 0.6 is 0 Å². The van der Waals surface area contributed by atoms with E-state index in [2.05, 4.69) is 0 Å². The van der Waals surface area contributed by atoms with Gasteiger partial charge in [0.2, 0.25) is 0 Å². The third-order valence-electron chi connectivity index (χ3n) is 4.27. The molecule has 1 aliphatic rings. The smallest absolute Gasteiger partial charge is 0.268 e. The fourth-order valence-electron chi connectivity index (χ4n) is 2.93. The summed E-state index contributed by atoms with van der Waals surface area (Å²) < 4.78 is 33.2. The van der Waals surface area contributed by atoms with E-state index in [1.54, 1.807) is 12.1 Å². The average Bonchev–Trinajstić information content (AvgIpc) is 2.99. The first-order chi connectivity index (χ1) is 10.9. The molecule has 0 saturated heterocycles. The zero-order valence-electron chi connectivity index (χ0n) is 13.6. The number of fused-ring (bicyclic) bond motifs is 1. The van der Waals surface area contributed by atoms with E-state index < -0.39 is 10.0 Å². The molecule has 0 bridgehead atoms. The van der Waals surface area contributed by atoms with Gasteiger partial charge in [0, 0.05) is 6.54 Å². The molecule has 122 valence electrons. The van der Waals surface area contributed by atoms with Gasteiger partial charge >= 0.3 is 0 Å². The van der Waals surface area contributed by atoms with Gasteiger partial charge in [-0.05, 0) is 41.7 Å². The third kappa shape index (κ3) is 2.70. The molecule has 23 heavy (non-hydrogen) atoms. The van der Waals surface area contributed by atoms with Crippen molar-refractivity contribution in [1.29, 1.82) is 0 Å². The normalized spacial score (nSPS) is 14.2. The molecule has 0 aliphatic carbocycles. The summed E-state index contributed by atoms with van der Waals surface area (Å²) in [4.78, 5) is 0.239. The van der Waals surface area contributed by atoms with Crippen molar-refractivity contribution in [2.45, 2.75) is 31.1 Å². The number of benzene rings is 2. The molecule has 0 atom stereocenters. The summed E-state index contributed by atoms with van der Waals surface area (Å²) >= 11 is 0. The van der Waals surface area contributed by atoms with Gasteiger partial charge in [-0.15, -0.1) is 0 Å². The number of nitrogens with zero attached hydrogens (tertiary/aromatic N) is 1. The summed E-state index contributed by atoms with van der Waals surface area (Å²) in [7, 11) is -2.14. The lowest BCUT2D eigenvalue weighted by Crippen LogP contribution is -2.29. The van der Waals surface area contributed by atoms with Crippen molar-refractivity contribution >= 4 is 15.7 Å². The highest BCUT2D eigenvalue weighted by molar-refractivity contribution is 7.93. The molecule has 3 rings (SSSR count). The van der Waals surface area contributed by atoms with Crippen LogP contribution in [-0.4, -0.2) is 22.1 Å². The van der Waals surface area contributed by atoms with Crippen LogP contribution in [0.3, 0.4) is 0 Å². The van der Waals surface area contributed by atoms with E-state index in [4.69, 9.17) is 4.74 Å². The predicted molar refractivity (Wildman–Crippen MR) is 91.8 cm³/mol. The number of methoxy groups -OCH3 is 1. The Kier molecular flexibility index (Phi) is 4.06. The van der Waals surface area contributed by atoms with Crippen molar-refractivity contribution < 1.29 is 13.2 Å². The number of anilines is 1. The van der Waals surface area contributed by atoms with Crippen LogP contribution in [0.25, 0.3) is 0 Å². The molecule has 0 N–H and O–H groups in total. The van der Waals surface area contributed by atoms with Gasteiger partial charge in [-0.2, -0.15) is 0 Å². The van der Waals surface area contributed by atoms with E-state index in [1.165, 1.54) is 11.4 Å². The SMILES string of the molecule is COc1ccc(C(C)C)cc1S(=O)(=O)N1CCc2ccccc21. The zero-order valence-corrected chi connectivity index (χ0v) is 14.4. The second-order valence-electron chi connectivity index (χ2n) is 6.02. The topological polar surface area (TPSA) is 46.6 Å². The van der Waals surface area contributed by atoms with E-state index in [1.807, 2.05) is 44.2 Å². The fraction of sp³-hybridized carbons (Fsp3) is 0.333. The van der Waals surface area contributed by atoms with Crippen molar-refractivity contribution in [1.82, 2.24) is 0 Å². The maximum Gasteiger partial charge on any atom is 0.268 e. The highest BCUT2D eigenvalue weighted by Gasteiger charge is 2.33. The molecule has 0 amide bonds. The summed E-state index contributed by atoms with van der Waals surface area (Å²) in [6.45, 7) is 4.56. The van der Waals surface area contributed by atoms with Crippen LogP contribution in [0.5, 0.6) is 5.75 Å². The zero-order chi connectivity index (χ0) is 16.6.